The third-order valence-corrected chi connectivity index (χ3v) is 6.29. The molecule has 1 aromatic heterocycles. The van der Waals surface area contributed by atoms with Crippen LogP contribution in [0.5, 0.6) is 5.75 Å². The molecule has 0 radical (unpaired) electrons. The summed E-state index contributed by atoms with van der Waals surface area (Å²) in [6.45, 7) is 4.38. The third-order valence-electron chi connectivity index (χ3n) is 5.10. The highest BCUT2D eigenvalue weighted by molar-refractivity contribution is 7.23. The number of aromatic hydroxyl groups is 1. The van der Waals surface area contributed by atoms with Crippen molar-refractivity contribution in [2.75, 3.05) is 5.32 Å². The summed E-state index contributed by atoms with van der Waals surface area (Å²) in [6, 6.07) is 21.5. The van der Waals surface area contributed by atoms with E-state index in [4.69, 9.17) is 5.11 Å². The van der Waals surface area contributed by atoms with Crippen molar-refractivity contribution in [1.82, 2.24) is 0 Å². The lowest BCUT2D eigenvalue weighted by Crippen LogP contribution is -1.95. The molecule has 0 aliphatic heterocycles. The fourth-order valence-electron chi connectivity index (χ4n) is 3.60. The van der Waals surface area contributed by atoms with Gasteiger partial charge < -0.3 is 15.5 Å². The van der Waals surface area contributed by atoms with Gasteiger partial charge in [0, 0.05) is 21.8 Å². The Hall–Kier alpha value is -3.57. The molecule has 0 atom stereocenters. The number of thiophene rings is 1. The quantitative estimate of drug-likeness (QED) is 0.283. The van der Waals surface area contributed by atoms with E-state index in [2.05, 4.69) is 43.4 Å². The van der Waals surface area contributed by atoms with E-state index in [1.165, 1.54) is 11.1 Å². The summed E-state index contributed by atoms with van der Waals surface area (Å²) >= 11 is 1.66. The predicted molar refractivity (Wildman–Crippen MR) is 129 cm³/mol. The highest BCUT2D eigenvalue weighted by Gasteiger charge is 2.18. The number of nitrogens with one attached hydrogen (secondary N) is 1. The highest BCUT2D eigenvalue weighted by Crippen LogP contribution is 2.46. The minimum atomic E-state index is -0.969. The van der Waals surface area contributed by atoms with Crippen molar-refractivity contribution in [3.05, 3.63) is 83.9 Å². The van der Waals surface area contributed by atoms with Crippen molar-refractivity contribution in [3.8, 4) is 16.2 Å². The Kier molecular flexibility index (Phi) is 5.78. The van der Waals surface area contributed by atoms with Crippen LogP contribution in [0, 0.1) is 0 Å². The van der Waals surface area contributed by atoms with Gasteiger partial charge in [0.25, 0.3) is 0 Å². The fraction of sp³-hybridized carbons (Fsp3) is 0.115. The topological polar surface area (TPSA) is 69.6 Å². The Bertz CT molecular complexity index is 1270. The number of carbonyl (C=O) groups is 1. The van der Waals surface area contributed by atoms with Gasteiger partial charge in [0.15, 0.2) is 0 Å². The van der Waals surface area contributed by atoms with Crippen LogP contribution in [0.2, 0.25) is 0 Å². The summed E-state index contributed by atoms with van der Waals surface area (Å²) in [4.78, 5) is 11.9. The Morgan fingerprint density at radius 1 is 1.03 bits per heavy atom. The zero-order chi connectivity index (χ0) is 22.0. The zero-order valence-corrected chi connectivity index (χ0v) is 18.1. The van der Waals surface area contributed by atoms with Crippen LogP contribution in [0.15, 0.2) is 72.8 Å². The average Bonchev–Trinajstić information content (AvgIpc) is 3.10. The molecule has 5 heteroatoms. The van der Waals surface area contributed by atoms with Crippen molar-refractivity contribution in [2.24, 2.45) is 0 Å². The standard InChI is InChI=1S/C26H23NO3S/c1-16(2)20-5-3-4-6-21(20)26-25(22-13-12-19(28)15-23(22)31-26)27-18-10-7-17(8-11-18)9-14-24(29)30/h3-16,27-28H,1-2H3,(H,29,30). The summed E-state index contributed by atoms with van der Waals surface area (Å²) in [5.74, 6) is -0.342. The first-order chi connectivity index (χ1) is 14.9. The Balaban J connectivity index is 1.80. The lowest BCUT2D eigenvalue weighted by molar-refractivity contribution is -0.131. The smallest absolute Gasteiger partial charge is 0.328 e. The van der Waals surface area contributed by atoms with Crippen LogP contribution in [0.4, 0.5) is 11.4 Å². The molecule has 4 rings (SSSR count). The van der Waals surface area contributed by atoms with Crippen molar-refractivity contribution < 1.29 is 15.0 Å². The molecular weight excluding hydrogens is 406 g/mol. The van der Waals surface area contributed by atoms with Gasteiger partial charge in [-0.05, 0) is 59.0 Å². The maximum atomic E-state index is 10.7. The Morgan fingerprint density at radius 2 is 1.77 bits per heavy atom. The van der Waals surface area contributed by atoms with E-state index >= 15 is 0 Å². The van der Waals surface area contributed by atoms with Gasteiger partial charge >= 0.3 is 5.97 Å². The van der Waals surface area contributed by atoms with Gasteiger partial charge in [-0.3, -0.25) is 0 Å². The van der Waals surface area contributed by atoms with Crippen LogP contribution in [0.1, 0.15) is 30.9 Å². The van der Waals surface area contributed by atoms with Crippen LogP contribution in [-0.2, 0) is 4.79 Å². The van der Waals surface area contributed by atoms with Crippen molar-refractivity contribution in [2.45, 2.75) is 19.8 Å². The number of anilines is 2. The molecule has 0 unspecified atom stereocenters. The van der Waals surface area contributed by atoms with Gasteiger partial charge in [0.1, 0.15) is 5.75 Å². The molecule has 0 fully saturated rings. The summed E-state index contributed by atoms with van der Waals surface area (Å²) in [5.41, 5.74) is 5.18. The molecule has 0 aliphatic rings. The van der Waals surface area contributed by atoms with E-state index in [-0.39, 0.29) is 5.75 Å². The van der Waals surface area contributed by atoms with Crippen LogP contribution in [0.3, 0.4) is 0 Å². The monoisotopic (exact) mass is 429 g/mol. The molecule has 0 amide bonds. The average molecular weight is 430 g/mol. The van der Waals surface area contributed by atoms with E-state index in [0.29, 0.717) is 5.92 Å². The molecule has 0 saturated carbocycles. The van der Waals surface area contributed by atoms with E-state index < -0.39 is 5.97 Å². The summed E-state index contributed by atoms with van der Waals surface area (Å²) in [7, 11) is 0. The minimum absolute atomic E-state index is 0.249. The van der Waals surface area contributed by atoms with Crippen LogP contribution < -0.4 is 5.32 Å². The SMILES string of the molecule is CC(C)c1ccccc1-c1sc2cc(O)ccc2c1Nc1ccc(C=CC(=O)O)cc1. The van der Waals surface area contributed by atoms with Crippen molar-refractivity contribution in [3.63, 3.8) is 0 Å². The maximum Gasteiger partial charge on any atom is 0.328 e. The molecule has 0 bridgehead atoms. The summed E-state index contributed by atoms with van der Waals surface area (Å²) in [6.07, 6.45) is 2.70. The van der Waals surface area contributed by atoms with Crippen molar-refractivity contribution >= 4 is 44.8 Å². The highest BCUT2D eigenvalue weighted by atomic mass is 32.1. The number of rotatable bonds is 6. The lowest BCUT2D eigenvalue weighted by atomic mass is 9.95. The number of carboxylic acids is 1. The molecule has 0 aliphatic carbocycles. The summed E-state index contributed by atoms with van der Waals surface area (Å²) < 4.78 is 1.01. The number of phenols is 1. The molecule has 1 heterocycles. The molecule has 31 heavy (non-hydrogen) atoms. The minimum Gasteiger partial charge on any atom is -0.508 e. The first kappa shape index (κ1) is 20.7. The molecule has 4 nitrogen and oxygen atoms in total. The van der Waals surface area contributed by atoms with E-state index in [1.54, 1.807) is 29.5 Å². The molecule has 0 saturated heterocycles. The van der Waals surface area contributed by atoms with Gasteiger partial charge in [-0.1, -0.05) is 50.2 Å². The van der Waals surface area contributed by atoms with Crippen LogP contribution in [-0.4, -0.2) is 16.2 Å². The van der Waals surface area contributed by atoms with Gasteiger partial charge in [-0.25, -0.2) is 4.79 Å². The molecule has 4 aromatic rings. The van der Waals surface area contributed by atoms with Crippen molar-refractivity contribution in [1.29, 1.82) is 0 Å². The first-order valence-corrected chi connectivity index (χ1v) is 10.9. The van der Waals surface area contributed by atoms with Gasteiger partial charge in [-0.15, -0.1) is 11.3 Å². The van der Waals surface area contributed by atoms with Gasteiger partial charge in [0.05, 0.1) is 10.6 Å². The molecular formula is C26H23NO3S. The first-order valence-electron chi connectivity index (χ1n) is 10.1. The van der Waals surface area contributed by atoms with E-state index in [0.717, 1.165) is 38.0 Å². The largest absolute Gasteiger partial charge is 0.508 e. The number of benzene rings is 3. The number of fused-ring (bicyclic) bond motifs is 1. The molecule has 156 valence electrons. The second-order valence-electron chi connectivity index (χ2n) is 7.65. The zero-order valence-electron chi connectivity index (χ0n) is 17.3. The van der Waals surface area contributed by atoms with Crippen LogP contribution >= 0.6 is 11.3 Å². The molecule has 3 N–H and O–H groups in total. The van der Waals surface area contributed by atoms with E-state index in [1.807, 2.05) is 30.3 Å². The number of aliphatic carboxylic acids is 1. The number of hydrogen-bond donors (Lipinski definition) is 3. The summed E-state index contributed by atoms with van der Waals surface area (Å²) in [5, 5.41) is 23.4. The maximum absolute atomic E-state index is 10.7. The predicted octanol–water partition coefficient (Wildman–Crippen LogP) is 7.24. The molecule has 0 spiro atoms. The fourth-order valence-corrected chi connectivity index (χ4v) is 4.83. The molecule has 3 aromatic carbocycles. The van der Waals surface area contributed by atoms with Gasteiger partial charge in [-0.2, -0.15) is 0 Å². The lowest BCUT2D eigenvalue weighted by Gasteiger charge is -2.14. The Labute approximate surface area is 185 Å². The van der Waals surface area contributed by atoms with Gasteiger partial charge in [0.2, 0.25) is 0 Å². The third kappa shape index (κ3) is 4.47. The Morgan fingerprint density at radius 3 is 2.48 bits per heavy atom. The second-order valence-corrected chi connectivity index (χ2v) is 8.70. The number of hydrogen-bond acceptors (Lipinski definition) is 4. The second kappa shape index (κ2) is 8.66. The number of phenolic OH excluding ortho intramolecular Hbond substituents is 1. The van der Waals surface area contributed by atoms with Crippen LogP contribution in [0.25, 0.3) is 26.6 Å². The van der Waals surface area contributed by atoms with E-state index in [9.17, 15) is 9.90 Å². The number of carboxylic acid groups (broad SMARTS) is 1. The normalized spacial score (nSPS) is 11.5.